The average Bonchev–Trinajstić information content (AvgIpc) is 2.69. The molecule has 124 valence electrons. The minimum absolute atomic E-state index is 0.673. The second kappa shape index (κ2) is 8.65. The summed E-state index contributed by atoms with van der Waals surface area (Å²) in [5.74, 6) is 0.876. The maximum Gasteiger partial charge on any atom is 0.119 e. The monoisotopic (exact) mass is 328 g/mol. The summed E-state index contributed by atoms with van der Waals surface area (Å²) >= 11 is 0. The van der Waals surface area contributed by atoms with Crippen molar-refractivity contribution in [3.05, 3.63) is 84.2 Å². The van der Waals surface area contributed by atoms with Gasteiger partial charge in [-0.05, 0) is 66.3 Å². The molecule has 0 bridgehead atoms. The number of unbranched alkanes of at least 4 members (excludes halogenated alkanes) is 1. The van der Waals surface area contributed by atoms with Gasteiger partial charge in [-0.25, -0.2) is 0 Å². The van der Waals surface area contributed by atoms with Gasteiger partial charge in [-0.1, -0.05) is 30.3 Å². The molecule has 0 spiro atoms. The lowest BCUT2D eigenvalue weighted by atomic mass is 10.0. The highest BCUT2D eigenvalue weighted by Gasteiger charge is 2.01. The topological polar surface area (TPSA) is 45.9 Å². The van der Waals surface area contributed by atoms with Crippen molar-refractivity contribution in [3.8, 4) is 22.9 Å². The Morgan fingerprint density at radius 1 is 0.920 bits per heavy atom. The standard InChI is InChI=1S/C22H20N2O/c23-16-19-6-3-8-21(15-19)20-9-11-22(12-10-20)25-14-2-1-5-18-7-4-13-24-17-18/h3-4,6-13,15,17H,1-2,5,14H2. The Balaban J connectivity index is 1.47. The van der Waals surface area contributed by atoms with E-state index < -0.39 is 0 Å². The van der Waals surface area contributed by atoms with Crippen LogP contribution in [-0.4, -0.2) is 11.6 Å². The Hall–Kier alpha value is -3.12. The fourth-order valence-electron chi connectivity index (χ4n) is 2.68. The van der Waals surface area contributed by atoms with Gasteiger partial charge < -0.3 is 4.74 Å². The Kier molecular flexibility index (Phi) is 5.79. The first-order valence-electron chi connectivity index (χ1n) is 8.47. The minimum atomic E-state index is 0.673. The van der Waals surface area contributed by atoms with Crippen molar-refractivity contribution < 1.29 is 4.74 Å². The van der Waals surface area contributed by atoms with Crippen molar-refractivity contribution in [2.24, 2.45) is 0 Å². The van der Waals surface area contributed by atoms with Crippen LogP contribution in [-0.2, 0) is 6.42 Å². The van der Waals surface area contributed by atoms with Crippen LogP contribution >= 0.6 is 0 Å². The zero-order valence-corrected chi connectivity index (χ0v) is 14.1. The summed E-state index contributed by atoms with van der Waals surface area (Å²) in [7, 11) is 0. The van der Waals surface area contributed by atoms with Crippen molar-refractivity contribution in [1.82, 2.24) is 4.98 Å². The molecule has 0 amide bonds. The van der Waals surface area contributed by atoms with Crippen molar-refractivity contribution in [2.45, 2.75) is 19.3 Å². The number of nitrogens with zero attached hydrogens (tertiary/aromatic N) is 2. The highest BCUT2D eigenvalue weighted by molar-refractivity contribution is 5.65. The maximum absolute atomic E-state index is 8.99. The largest absolute Gasteiger partial charge is 0.494 e. The first kappa shape index (κ1) is 16.7. The summed E-state index contributed by atoms with van der Waals surface area (Å²) in [5.41, 5.74) is 4.07. The van der Waals surface area contributed by atoms with E-state index in [9.17, 15) is 0 Å². The van der Waals surface area contributed by atoms with E-state index in [0.29, 0.717) is 12.2 Å². The van der Waals surface area contributed by atoms with E-state index in [1.54, 1.807) is 6.20 Å². The molecule has 3 aromatic rings. The summed E-state index contributed by atoms with van der Waals surface area (Å²) in [6.45, 7) is 0.712. The second-order valence-corrected chi connectivity index (χ2v) is 5.88. The molecule has 25 heavy (non-hydrogen) atoms. The van der Waals surface area contributed by atoms with E-state index >= 15 is 0 Å². The molecule has 0 atom stereocenters. The molecule has 3 heteroatoms. The molecule has 3 nitrogen and oxygen atoms in total. The number of hydrogen-bond acceptors (Lipinski definition) is 3. The van der Waals surface area contributed by atoms with Gasteiger partial charge >= 0.3 is 0 Å². The van der Waals surface area contributed by atoms with Crippen LogP contribution in [0, 0.1) is 11.3 Å². The predicted molar refractivity (Wildman–Crippen MR) is 99.3 cm³/mol. The highest BCUT2D eigenvalue weighted by atomic mass is 16.5. The fourth-order valence-corrected chi connectivity index (χ4v) is 2.68. The van der Waals surface area contributed by atoms with Crippen LogP contribution in [0.2, 0.25) is 0 Å². The molecule has 2 aromatic carbocycles. The quantitative estimate of drug-likeness (QED) is 0.572. The van der Waals surface area contributed by atoms with Gasteiger partial charge in [0, 0.05) is 12.4 Å². The average molecular weight is 328 g/mol. The van der Waals surface area contributed by atoms with Crippen molar-refractivity contribution in [3.63, 3.8) is 0 Å². The van der Waals surface area contributed by atoms with Gasteiger partial charge in [0.2, 0.25) is 0 Å². The number of ether oxygens (including phenoxy) is 1. The molecule has 0 aliphatic heterocycles. The van der Waals surface area contributed by atoms with Gasteiger partial charge in [0.05, 0.1) is 18.2 Å². The van der Waals surface area contributed by atoms with E-state index in [-0.39, 0.29) is 0 Å². The number of aryl methyl sites for hydroxylation is 1. The molecule has 0 saturated heterocycles. The van der Waals surface area contributed by atoms with Crippen molar-refractivity contribution in [2.75, 3.05) is 6.61 Å². The van der Waals surface area contributed by atoms with Crippen LogP contribution in [0.4, 0.5) is 0 Å². The predicted octanol–water partition coefficient (Wildman–Crippen LogP) is 5.02. The summed E-state index contributed by atoms with van der Waals surface area (Å²) in [5, 5.41) is 8.99. The molecule has 1 aromatic heterocycles. The van der Waals surface area contributed by atoms with Crippen LogP contribution in [0.5, 0.6) is 5.75 Å². The Labute approximate surface area is 148 Å². The fraction of sp³-hybridized carbons (Fsp3) is 0.182. The molecule has 1 heterocycles. The molecule has 0 saturated carbocycles. The van der Waals surface area contributed by atoms with Crippen LogP contribution in [0.15, 0.2) is 73.1 Å². The molecular weight excluding hydrogens is 308 g/mol. The van der Waals surface area contributed by atoms with Gasteiger partial charge in [0.1, 0.15) is 5.75 Å². The second-order valence-electron chi connectivity index (χ2n) is 5.88. The van der Waals surface area contributed by atoms with Gasteiger partial charge in [-0.2, -0.15) is 5.26 Å². The summed E-state index contributed by atoms with van der Waals surface area (Å²) in [6, 6.07) is 21.9. The molecule has 0 radical (unpaired) electrons. The highest BCUT2D eigenvalue weighted by Crippen LogP contribution is 2.23. The van der Waals surface area contributed by atoms with E-state index in [2.05, 4.69) is 17.1 Å². The number of nitriles is 1. The Bertz CT molecular complexity index is 836. The van der Waals surface area contributed by atoms with Crippen molar-refractivity contribution in [1.29, 1.82) is 5.26 Å². The number of rotatable bonds is 7. The third kappa shape index (κ3) is 4.92. The molecule has 0 N–H and O–H groups in total. The first-order chi connectivity index (χ1) is 12.3. The Morgan fingerprint density at radius 3 is 2.56 bits per heavy atom. The summed E-state index contributed by atoms with van der Waals surface area (Å²) in [4.78, 5) is 4.13. The number of aromatic nitrogens is 1. The molecule has 3 rings (SSSR count). The maximum atomic E-state index is 8.99. The molecule has 0 aliphatic carbocycles. The third-order valence-corrected chi connectivity index (χ3v) is 4.03. The summed E-state index contributed by atoms with van der Waals surface area (Å²) < 4.78 is 5.81. The molecule has 0 fully saturated rings. The lowest BCUT2D eigenvalue weighted by molar-refractivity contribution is 0.307. The van der Waals surface area contributed by atoms with E-state index in [1.807, 2.05) is 60.8 Å². The number of benzene rings is 2. The lowest BCUT2D eigenvalue weighted by Crippen LogP contribution is -1.98. The Morgan fingerprint density at radius 2 is 1.80 bits per heavy atom. The van der Waals surface area contributed by atoms with Gasteiger partial charge in [-0.15, -0.1) is 0 Å². The van der Waals surface area contributed by atoms with E-state index in [0.717, 1.165) is 36.1 Å². The van der Waals surface area contributed by atoms with E-state index in [1.165, 1.54) is 5.56 Å². The number of pyridine rings is 1. The van der Waals surface area contributed by atoms with Crippen LogP contribution in [0.3, 0.4) is 0 Å². The van der Waals surface area contributed by atoms with Gasteiger partial charge in [0.25, 0.3) is 0 Å². The van der Waals surface area contributed by atoms with Crippen LogP contribution in [0.25, 0.3) is 11.1 Å². The van der Waals surface area contributed by atoms with Gasteiger partial charge in [-0.3, -0.25) is 4.98 Å². The van der Waals surface area contributed by atoms with Gasteiger partial charge in [0.15, 0.2) is 0 Å². The smallest absolute Gasteiger partial charge is 0.119 e. The van der Waals surface area contributed by atoms with Crippen molar-refractivity contribution >= 4 is 0 Å². The zero-order chi connectivity index (χ0) is 17.3. The third-order valence-electron chi connectivity index (χ3n) is 4.03. The van der Waals surface area contributed by atoms with Crippen LogP contribution in [0.1, 0.15) is 24.0 Å². The zero-order valence-electron chi connectivity index (χ0n) is 14.1. The van der Waals surface area contributed by atoms with E-state index in [4.69, 9.17) is 10.00 Å². The summed E-state index contributed by atoms with van der Waals surface area (Å²) in [6.07, 6.45) is 6.85. The minimum Gasteiger partial charge on any atom is -0.494 e. The SMILES string of the molecule is N#Cc1cccc(-c2ccc(OCCCCc3cccnc3)cc2)c1. The molecule has 0 unspecified atom stereocenters. The lowest BCUT2D eigenvalue weighted by Gasteiger charge is -2.08. The first-order valence-corrected chi connectivity index (χ1v) is 8.47. The number of hydrogen-bond donors (Lipinski definition) is 0. The molecule has 0 aliphatic rings. The molecular formula is C22H20N2O. The van der Waals surface area contributed by atoms with Crippen LogP contribution < -0.4 is 4.74 Å². The normalized spacial score (nSPS) is 10.2.